The summed E-state index contributed by atoms with van der Waals surface area (Å²) in [4.78, 5) is 44.6. The zero-order chi connectivity index (χ0) is 25.2. The first-order valence-corrected chi connectivity index (χ1v) is 12.4. The third kappa shape index (κ3) is 4.88. The van der Waals surface area contributed by atoms with Crippen LogP contribution in [0.3, 0.4) is 0 Å². The molecular formula is C26H27ClN4O5. The zero-order valence-corrected chi connectivity index (χ0v) is 20.6. The highest BCUT2D eigenvalue weighted by Gasteiger charge is 2.34. The zero-order valence-electron chi connectivity index (χ0n) is 19.9. The van der Waals surface area contributed by atoms with Crippen molar-refractivity contribution in [3.05, 3.63) is 47.3 Å². The van der Waals surface area contributed by atoms with E-state index in [0.717, 1.165) is 25.8 Å². The second kappa shape index (κ2) is 10.2. The molecule has 1 aliphatic carbocycles. The highest BCUT2D eigenvalue weighted by molar-refractivity contribution is 6.30. The minimum Gasteiger partial charge on any atom is -0.497 e. The van der Waals surface area contributed by atoms with Crippen molar-refractivity contribution in [1.29, 1.82) is 0 Å². The van der Waals surface area contributed by atoms with Crippen LogP contribution in [0.15, 0.2) is 40.9 Å². The fraction of sp³-hybridized carbons (Fsp3) is 0.385. The lowest BCUT2D eigenvalue weighted by atomic mass is 9.84. The number of aromatic nitrogens is 1. The Morgan fingerprint density at radius 2 is 1.94 bits per heavy atom. The number of carbonyl (C=O) groups excluding carboxylic acids is 3. The smallest absolute Gasteiger partial charge is 0.294 e. The average molecular weight is 511 g/mol. The van der Waals surface area contributed by atoms with Crippen LogP contribution in [0.4, 0.5) is 11.5 Å². The second-order valence-corrected chi connectivity index (χ2v) is 9.61. The summed E-state index contributed by atoms with van der Waals surface area (Å²) in [6.07, 6.45) is 5.89. The molecule has 2 aliphatic rings. The number of anilines is 2. The molecule has 36 heavy (non-hydrogen) atoms. The second-order valence-electron chi connectivity index (χ2n) is 9.17. The maximum absolute atomic E-state index is 13.3. The summed E-state index contributed by atoms with van der Waals surface area (Å²) in [7, 11) is 1.54. The molecule has 10 heteroatoms. The van der Waals surface area contributed by atoms with Crippen molar-refractivity contribution in [2.24, 2.45) is 5.92 Å². The van der Waals surface area contributed by atoms with Crippen LogP contribution >= 0.6 is 11.6 Å². The maximum Gasteiger partial charge on any atom is 0.294 e. The third-order valence-corrected chi connectivity index (χ3v) is 7.16. The number of halogens is 1. The van der Waals surface area contributed by atoms with Crippen LogP contribution in [0.2, 0.25) is 5.02 Å². The molecule has 0 atom stereocenters. The van der Waals surface area contributed by atoms with Gasteiger partial charge in [0.2, 0.25) is 17.6 Å². The third-order valence-electron chi connectivity index (χ3n) is 6.94. The summed E-state index contributed by atoms with van der Waals surface area (Å²) < 4.78 is 11.2. The number of pyridine rings is 1. The van der Waals surface area contributed by atoms with Gasteiger partial charge in [-0.15, -0.1) is 0 Å². The number of furan rings is 1. The number of fused-ring (bicyclic) bond motifs is 1. The molecule has 0 unspecified atom stereocenters. The van der Waals surface area contributed by atoms with Crippen LogP contribution in [-0.2, 0) is 9.59 Å². The summed E-state index contributed by atoms with van der Waals surface area (Å²) in [6.45, 7) is 0.810. The quantitative estimate of drug-likeness (QED) is 0.489. The summed E-state index contributed by atoms with van der Waals surface area (Å²) >= 11 is 5.88. The molecule has 2 N–H and O–H groups in total. The number of benzene rings is 1. The van der Waals surface area contributed by atoms with Gasteiger partial charge in [-0.25, -0.2) is 4.98 Å². The largest absolute Gasteiger partial charge is 0.497 e. The molecule has 0 spiro atoms. The van der Waals surface area contributed by atoms with Gasteiger partial charge in [-0.1, -0.05) is 11.6 Å². The van der Waals surface area contributed by atoms with Gasteiger partial charge in [0.1, 0.15) is 22.8 Å². The molecule has 0 bridgehead atoms. The molecule has 0 radical (unpaired) electrons. The first-order chi connectivity index (χ1) is 17.4. The molecule has 3 amide bonds. The number of hydrogen-bond acceptors (Lipinski definition) is 6. The Morgan fingerprint density at radius 3 is 2.61 bits per heavy atom. The van der Waals surface area contributed by atoms with Crippen molar-refractivity contribution >= 4 is 51.8 Å². The molecule has 1 aliphatic heterocycles. The summed E-state index contributed by atoms with van der Waals surface area (Å²) in [6, 6.07) is 8.54. The van der Waals surface area contributed by atoms with Crippen molar-refractivity contribution in [3.63, 3.8) is 0 Å². The number of methoxy groups -OCH3 is 1. The van der Waals surface area contributed by atoms with Gasteiger partial charge in [0.25, 0.3) is 5.91 Å². The fourth-order valence-electron chi connectivity index (χ4n) is 5.04. The normalized spacial score (nSPS) is 19.9. The van der Waals surface area contributed by atoms with Crippen molar-refractivity contribution in [3.8, 4) is 5.75 Å². The van der Waals surface area contributed by atoms with Crippen molar-refractivity contribution < 1.29 is 23.5 Å². The average Bonchev–Trinajstić information content (AvgIpc) is 3.48. The van der Waals surface area contributed by atoms with E-state index in [0.29, 0.717) is 46.8 Å². The lowest BCUT2D eigenvalue weighted by Crippen LogP contribution is -2.40. The van der Waals surface area contributed by atoms with E-state index in [-0.39, 0.29) is 35.2 Å². The number of nitrogens with one attached hydrogen (secondary N) is 2. The fourth-order valence-corrected chi connectivity index (χ4v) is 5.15. The van der Waals surface area contributed by atoms with Gasteiger partial charge in [-0.05, 0) is 62.4 Å². The Morgan fingerprint density at radius 1 is 1.14 bits per heavy atom. The number of hydrogen-bond donors (Lipinski definition) is 2. The van der Waals surface area contributed by atoms with Crippen LogP contribution in [0, 0.1) is 5.92 Å². The molecular weight excluding hydrogens is 484 g/mol. The van der Waals surface area contributed by atoms with Crippen molar-refractivity contribution in [2.75, 3.05) is 24.3 Å². The number of rotatable bonds is 6. The van der Waals surface area contributed by atoms with Gasteiger partial charge in [0.15, 0.2) is 0 Å². The first kappa shape index (κ1) is 24.1. The van der Waals surface area contributed by atoms with E-state index >= 15 is 0 Å². The molecule has 9 nitrogen and oxygen atoms in total. The van der Waals surface area contributed by atoms with E-state index in [4.69, 9.17) is 20.8 Å². The molecule has 1 saturated heterocycles. The van der Waals surface area contributed by atoms with Crippen LogP contribution in [0.1, 0.15) is 49.1 Å². The van der Waals surface area contributed by atoms with E-state index in [1.165, 1.54) is 6.20 Å². The number of likely N-dealkylation sites (tertiary alicyclic amines) is 1. The minimum atomic E-state index is -0.549. The minimum absolute atomic E-state index is 0.0281. The Kier molecular flexibility index (Phi) is 6.82. The van der Waals surface area contributed by atoms with Gasteiger partial charge in [0.05, 0.1) is 12.1 Å². The predicted octanol–water partition coefficient (Wildman–Crippen LogP) is 4.86. The van der Waals surface area contributed by atoms with Gasteiger partial charge in [-0.3, -0.25) is 14.4 Å². The first-order valence-electron chi connectivity index (χ1n) is 12.1. The van der Waals surface area contributed by atoms with E-state index in [9.17, 15) is 14.4 Å². The standard InChI is InChI=1S/C26H27ClN4O5/c1-35-18-9-10-20-19(13-18)23(24(36-20)26(34)29-21-11-6-16(27)14-28-21)30-25(33)15-4-7-17(8-5-15)31-12-2-3-22(31)32/h6,9-11,13-15,17H,2-5,7-8,12H2,1H3,(H,30,33)(H,28,29,34). The molecule has 1 saturated carbocycles. The Hall–Kier alpha value is -3.59. The molecule has 5 rings (SSSR count). The number of amides is 3. The van der Waals surface area contributed by atoms with E-state index in [2.05, 4.69) is 15.6 Å². The highest BCUT2D eigenvalue weighted by Crippen LogP contribution is 2.36. The van der Waals surface area contributed by atoms with E-state index < -0.39 is 5.91 Å². The lowest BCUT2D eigenvalue weighted by Gasteiger charge is -2.34. The van der Waals surface area contributed by atoms with Gasteiger partial charge in [0, 0.05) is 36.5 Å². The van der Waals surface area contributed by atoms with E-state index in [1.807, 2.05) is 4.90 Å². The number of carbonyl (C=O) groups is 3. The Labute approximate surface area is 213 Å². The van der Waals surface area contributed by atoms with Crippen molar-refractivity contribution in [2.45, 2.75) is 44.6 Å². The molecule has 3 aromatic rings. The van der Waals surface area contributed by atoms with Crippen LogP contribution < -0.4 is 15.4 Å². The van der Waals surface area contributed by atoms with Gasteiger partial charge < -0.3 is 24.7 Å². The molecule has 188 valence electrons. The van der Waals surface area contributed by atoms with Crippen LogP contribution in [0.5, 0.6) is 5.75 Å². The molecule has 2 fully saturated rings. The molecule has 3 heterocycles. The topological polar surface area (TPSA) is 114 Å². The predicted molar refractivity (Wildman–Crippen MR) is 135 cm³/mol. The Bertz CT molecular complexity index is 1300. The number of ether oxygens (including phenoxy) is 1. The molecule has 2 aromatic heterocycles. The van der Waals surface area contributed by atoms with E-state index in [1.54, 1.807) is 37.4 Å². The Balaban J connectivity index is 1.36. The maximum atomic E-state index is 13.3. The number of nitrogens with zero attached hydrogens (tertiary/aromatic N) is 2. The van der Waals surface area contributed by atoms with Crippen LogP contribution in [-0.4, -0.2) is 47.3 Å². The summed E-state index contributed by atoms with van der Waals surface area (Å²) in [5.74, 6) is 0.114. The van der Waals surface area contributed by atoms with Gasteiger partial charge >= 0.3 is 0 Å². The molecule has 1 aromatic carbocycles. The lowest BCUT2D eigenvalue weighted by molar-refractivity contribution is -0.130. The monoisotopic (exact) mass is 510 g/mol. The van der Waals surface area contributed by atoms with Gasteiger partial charge in [-0.2, -0.15) is 0 Å². The summed E-state index contributed by atoms with van der Waals surface area (Å²) in [5, 5.41) is 6.65. The highest BCUT2D eigenvalue weighted by atomic mass is 35.5. The van der Waals surface area contributed by atoms with Crippen molar-refractivity contribution in [1.82, 2.24) is 9.88 Å². The SMILES string of the molecule is COc1ccc2oc(C(=O)Nc3ccc(Cl)cn3)c(NC(=O)C3CCC(N4CCCC4=O)CC3)c2c1. The van der Waals surface area contributed by atoms with Crippen LogP contribution in [0.25, 0.3) is 11.0 Å². The summed E-state index contributed by atoms with van der Waals surface area (Å²) in [5.41, 5.74) is 0.730.